The number of carbonyl (C=O) groups is 4. The first-order valence-electron chi connectivity index (χ1n) is 23.0. The summed E-state index contributed by atoms with van der Waals surface area (Å²) in [6.07, 6.45) is 4.87. The zero-order valence-corrected chi connectivity index (χ0v) is 41.8. The van der Waals surface area contributed by atoms with E-state index in [1.807, 2.05) is 93.0 Å². The normalized spacial score (nSPS) is 10.8. The summed E-state index contributed by atoms with van der Waals surface area (Å²) in [5.41, 5.74) is 13.2. The Morgan fingerprint density at radius 3 is 1.26 bits per heavy atom. The Labute approximate surface area is 420 Å². The zero-order chi connectivity index (χ0) is 52.1. The van der Waals surface area contributed by atoms with E-state index in [1.54, 1.807) is 76.9 Å². The Morgan fingerprint density at radius 1 is 0.479 bits per heavy atom. The van der Waals surface area contributed by atoms with Crippen LogP contribution in [0.15, 0.2) is 134 Å². The van der Waals surface area contributed by atoms with Crippen LogP contribution in [-0.4, -0.2) is 92.0 Å². The minimum Gasteiger partial charge on any atom is -0.508 e. The number of aryl methyl sites for hydroxylation is 4. The number of hydrogen-bond donors (Lipinski definition) is 4. The lowest BCUT2D eigenvalue weighted by atomic mass is 9.99. The third-order valence-corrected chi connectivity index (χ3v) is 11.4. The van der Waals surface area contributed by atoms with Crippen LogP contribution in [-0.2, 0) is 35.5 Å². The molecule has 6 aromatic heterocycles. The summed E-state index contributed by atoms with van der Waals surface area (Å²) in [6, 6.07) is 36.3. The van der Waals surface area contributed by atoms with Gasteiger partial charge < -0.3 is 26.0 Å². The molecule has 6 heterocycles. The van der Waals surface area contributed by atoms with Crippen molar-refractivity contribution < 1.29 is 24.3 Å². The van der Waals surface area contributed by atoms with Crippen LogP contribution in [0.1, 0.15) is 36.7 Å². The minimum atomic E-state index is -0.154. The molecule has 0 saturated carbocycles. The molecule has 18 heteroatoms. The first kappa shape index (κ1) is 49.8. The molecule has 0 fully saturated rings. The molecule has 0 spiro atoms. The van der Waals surface area contributed by atoms with E-state index in [0.717, 1.165) is 66.7 Å². The van der Waals surface area contributed by atoms with E-state index in [0.29, 0.717) is 34.0 Å². The highest BCUT2D eigenvalue weighted by Crippen LogP contribution is 2.33. The smallest absolute Gasteiger partial charge is 0.253 e. The van der Waals surface area contributed by atoms with Gasteiger partial charge in [0, 0.05) is 94.4 Å². The molecule has 0 unspecified atom stereocenters. The second kappa shape index (κ2) is 21.2. The number of fused-ring (bicyclic) bond motifs is 3. The summed E-state index contributed by atoms with van der Waals surface area (Å²) in [6.45, 7) is 6.45. The number of pyridine rings is 3. The van der Waals surface area contributed by atoms with Crippen molar-refractivity contribution in [3.05, 3.63) is 145 Å². The Balaban J connectivity index is 0.000000151. The molecule has 0 atom stereocenters. The Bertz CT molecular complexity index is 3580. The second-order valence-electron chi connectivity index (χ2n) is 17.5. The lowest BCUT2D eigenvalue weighted by molar-refractivity contribution is -0.115. The van der Waals surface area contributed by atoms with Gasteiger partial charge in [0.25, 0.3) is 5.91 Å². The number of nitrogens with one attached hydrogen (secondary N) is 3. The maximum Gasteiger partial charge on any atom is 0.253 e. The molecule has 10 rings (SSSR count). The van der Waals surface area contributed by atoms with Gasteiger partial charge in [-0.15, -0.1) is 0 Å². The number of amides is 4. The summed E-state index contributed by atoms with van der Waals surface area (Å²) in [4.78, 5) is 60.6. The highest BCUT2D eigenvalue weighted by Gasteiger charge is 2.17. The molecule has 368 valence electrons. The number of nitrogens with zero attached hydrogens (tertiary/aromatic N) is 10. The number of carbonyl (C=O) groups excluding carboxylic acids is 4. The third-order valence-electron chi connectivity index (χ3n) is 11.4. The first-order valence-corrected chi connectivity index (χ1v) is 23.0. The molecule has 4 amide bonds. The van der Waals surface area contributed by atoms with Crippen LogP contribution in [0.4, 0.5) is 17.1 Å². The van der Waals surface area contributed by atoms with Crippen molar-refractivity contribution in [1.82, 2.24) is 49.2 Å². The van der Waals surface area contributed by atoms with E-state index in [1.165, 1.54) is 26.3 Å². The summed E-state index contributed by atoms with van der Waals surface area (Å²) in [7, 11) is 9.00. The van der Waals surface area contributed by atoms with Crippen LogP contribution < -0.4 is 16.0 Å². The fourth-order valence-electron chi connectivity index (χ4n) is 8.23. The topological polar surface area (TPSA) is 220 Å². The van der Waals surface area contributed by atoms with Crippen molar-refractivity contribution in [2.75, 3.05) is 30.0 Å². The van der Waals surface area contributed by atoms with Gasteiger partial charge in [-0.3, -0.25) is 19.2 Å². The monoisotopic (exact) mass is 975 g/mol. The van der Waals surface area contributed by atoms with Crippen molar-refractivity contribution in [3.8, 4) is 50.6 Å². The predicted molar refractivity (Wildman–Crippen MR) is 285 cm³/mol. The summed E-state index contributed by atoms with van der Waals surface area (Å²) in [5.74, 6) is -0.263. The highest BCUT2D eigenvalue weighted by atomic mass is 16.3. The van der Waals surface area contributed by atoms with Gasteiger partial charge >= 0.3 is 0 Å². The van der Waals surface area contributed by atoms with Crippen LogP contribution in [0.3, 0.4) is 0 Å². The number of rotatable bonds is 8. The average molecular weight is 976 g/mol. The largest absolute Gasteiger partial charge is 0.508 e. The minimum absolute atomic E-state index is 0.0252. The predicted octanol–water partition coefficient (Wildman–Crippen LogP) is 9.16. The number of aromatic hydroxyl groups is 1. The lowest BCUT2D eigenvalue weighted by Gasteiger charge is -2.11. The zero-order valence-electron chi connectivity index (χ0n) is 41.8. The van der Waals surface area contributed by atoms with Gasteiger partial charge in [0.1, 0.15) is 22.8 Å². The van der Waals surface area contributed by atoms with E-state index in [2.05, 4.69) is 71.3 Å². The van der Waals surface area contributed by atoms with Crippen molar-refractivity contribution in [2.45, 2.75) is 27.7 Å². The fourth-order valence-corrected chi connectivity index (χ4v) is 8.23. The van der Waals surface area contributed by atoms with Gasteiger partial charge in [-0.1, -0.05) is 66.2 Å². The van der Waals surface area contributed by atoms with E-state index < -0.39 is 0 Å². The molecule has 73 heavy (non-hydrogen) atoms. The van der Waals surface area contributed by atoms with Crippen molar-refractivity contribution in [1.29, 1.82) is 0 Å². The number of anilines is 3. The molecule has 4 N–H and O–H groups in total. The van der Waals surface area contributed by atoms with E-state index in [4.69, 9.17) is 0 Å². The van der Waals surface area contributed by atoms with Crippen molar-refractivity contribution in [2.24, 2.45) is 21.1 Å². The van der Waals surface area contributed by atoms with Crippen LogP contribution >= 0.6 is 0 Å². The quantitative estimate of drug-likeness (QED) is 0.112. The van der Waals surface area contributed by atoms with Crippen LogP contribution in [0.5, 0.6) is 5.75 Å². The molecule has 0 aliphatic heterocycles. The molecular weight excluding hydrogens is 923 g/mol. The molecular formula is C55H53N13O5. The van der Waals surface area contributed by atoms with Gasteiger partial charge in [0.2, 0.25) is 17.7 Å². The SMILES string of the molecule is CC(=O)Nc1cnc2c(c1)c(-c1cccc(-c3ccc(C(=O)N(C)C)cc3)c1)nn2C.CC(=O)Nc1cnc2c(c1)c(-c1cccc(C)c1)nn2C.CC(=O)Nc1cnc2c(c1)c(-c1cccc(O)c1)nn2C. The lowest BCUT2D eigenvalue weighted by Crippen LogP contribution is -2.21. The number of benzene rings is 4. The first-order chi connectivity index (χ1) is 34.9. The highest BCUT2D eigenvalue weighted by molar-refractivity contribution is 5.99. The van der Waals surface area contributed by atoms with Crippen molar-refractivity contribution >= 4 is 73.8 Å². The molecule has 0 saturated heterocycles. The molecule has 0 radical (unpaired) electrons. The van der Waals surface area contributed by atoms with Gasteiger partial charge in [0.15, 0.2) is 16.9 Å². The van der Waals surface area contributed by atoms with Gasteiger partial charge in [-0.05, 0) is 72.6 Å². The van der Waals surface area contributed by atoms with Crippen LogP contribution in [0.2, 0.25) is 0 Å². The number of phenols is 1. The third kappa shape index (κ3) is 11.4. The summed E-state index contributed by atoms with van der Waals surface area (Å²) in [5, 5.41) is 34.1. The van der Waals surface area contributed by atoms with Crippen molar-refractivity contribution in [3.63, 3.8) is 0 Å². The van der Waals surface area contributed by atoms with E-state index in [9.17, 15) is 24.3 Å². The molecule has 10 aromatic rings. The van der Waals surface area contributed by atoms with Crippen LogP contribution in [0, 0.1) is 6.92 Å². The van der Waals surface area contributed by atoms with E-state index in [-0.39, 0.29) is 29.4 Å². The van der Waals surface area contributed by atoms with Gasteiger partial charge in [0.05, 0.1) is 35.7 Å². The molecule has 4 aromatic carbocycles. The molecule has 0 bridgehead atoms. The Morgan fingerprint density at radius 2 is 0.863 bits per heavy atom. The van der Waals surface area contributed by atoms with E-state index >= 15 is 0 Å². The maximum atomic E-state index is 12.1. The summed E-state index contributed by atoms with van der Waals surface area (Å²) < 4.78 is 5.16. The number of aromatic nitrogens is 9. The second-order valence-corrected chi connectivity index (χ2v) is 17.5. The molecule has 18 nitrogen and oxygen atoms in total. The van der Waals surface area contributed by atoms with Crippen LogP contribution in [0.25, 0.3) is 78.0 Å². The van der Waals surface area contributed by atoms with Gasteiger partial charge in [-0.2, -0.15) is 15.3 Å². The average Bonchev–Trinajstić information content (AvgIpc) is 3.99. The maximum absolute atomic E-state index is 12.1. The Kier molecular flexibility index (Phi) is 14.5. The standard InChI is InChI=1S/C24H23N5O2.C16H16N4O.C15H14N4O2/c1-15(30)26-20-13-21-22(27-29(4)23(21)25-14-20)19-7-5-6-18(12-19)16-8-10-17(11-9-16)24(31)28(2)3;1-10-5-4-6-12(7-10)15-14-8-13(18-11(2)21)9-17-16(14)20(3)19-15;1-9(20)17-11-7-13-14(10-4-3-5-12(21)6-10)18-19(2)15(13)16-8-11/h5-14H,1-4H3,(H,26,30);4-9H,1-3H3,(H,18,21);3-8,21H,1-2H3,(H,17,20). The molecule has 0 aliphatic rings. The fraction of sp³-hybridized carbons (Fsp3) is 0.164. The Hall–Kier alpha value is -9.58. The molecule has 0 aliphatic carbocycles. The number of phenolic OH excluding ortho intramolecular Hbond substituents is 1. The number of hydrogen-bond acceptors (Lipinski definition) is 11. The van der Waals surface area contributed by atoms with Gasteiger partial charge in [-0.25, -0.2) is 29.0 Å². The summed E-state index contributed by atoms with van der Waals surface area (Å²) >= 11 is 0.